The first-order valence-corrected chi connectivity index (χ1v) is 8.64. The fraction of sp³-hybridized carbons (Fsp3) is 0.0625. The van der Waals surface area contributed by atoms with Gasteiger partial charge >= 0.3 is 0 Å². The number of nitrogens with two attached hydrogens (primary N) is 1. The van der Waals surface area contributed by atoms with Gasteiger partial charge in [-0.15, -0.1) is 0 Å². The van der Waals surface area contributed by atoms with Crippen LogP contribution in [-0.4, -0.2) is 13.6 Å². The number of hydrogen-bond donors (Lipinski definition) is 1. The lowest BCUT2D eigenvalue weighted by atomic mass is 10.00. The zero-order chi connectivity index (χ0) is 16.6. The summed E-state index contributed by atoms with van der Waals surface area (Å²) >= 11 is 5.92. The summed E-state index contributed by atoms with van der Waals surface area (Å²) in [5, 5.41) is 9.76. The van der Waals surface area contributed by atoms with E-state index in [0.29, 0.717) is 16.3 Å². The first-order chi connectivity index (χ1) is 10.9. The third kappa shape index (κ3) is 3.14. The van der Waals surface area contributed by atoms with Gasteiger partial charge in [0.25, 0.3) is 0 Å². The first-order valence-electron chi connectivity index (χ1n) is 6.72. The molecule has 0 bridgehead atoms. The highest BCUT2D eigenvalue weighted by molar-refractivity contribution is 7.89. The Balaban J connectivity index is 2.10. The molecule has 0 saturated carbocycles. The Hall–Kier alpha value is -2.15. The maximum atomic E-state index is 11.3. The van der Waals surface area contributed by atoms with Gasteiger partial charge in [-0.2, -0.15) is 0 Å². The van der Waals surface area contributed by atoms with E-state index in [9.17, 15) is 8.42 Å². The van der Waals surface area contributed by atoms with Crippen LogP contribution in [0.15, 0.2) is 57.9 Å². The molecule has 23 heavy (non-hydrogen) atoms. The third-order valence-corrected chi connectivity index (χ3v) is 4.62. The molecule has 0 amide bonds. The Labute approximate surface area is 138 Å². The van der Waals surface area contributed by atoms with Gasteiger partial charge in [-0.3, -0.25) is 0 Å². The van der Waals surface area contributed by atoms with Crippen molar-refractivity contribution in [2.75, 3.05) is 0 Å². The van der Waals surface area contributed by atoms with Crippen molar-refractivity contribution in [3.8, 4) is 22.5 Å². The molecule has 0 fully saturated rings. The van der Waals surface area contributed by atoms with Gasteiger partial charge in [-0.05, 0) is 48.9 Å². The molecule has 5 nitrogen and oxygen atoms in total. The van der Waals surface area contributed by atoms with Gasteiger partial charge in [0.1, 0.15) is 0 Å². The number of nitrogens with zero attached hydrogens (tertiary/aromatic N) is 1. The summed E-state index contributed by atoms with van der Waals surface area (Å²) in [5.41, 5.74) is 3.20. The predicted octanol–water partition coefficient (Wildman–Crippen LogP) is 3.62. The second-order valence-electron chi connectivity index (χ2n) is 5.05. The van der Waals surface area contributed by atoms with Crippen LogP contribution in [0.5, 0.6) is 0 Å². The standard InChI is InChI=1S/C16H13ClN2O3S/c1-10-15(11-2-6-13(17)7-3-11)16(22-19-10)12-4-8-14(9-5-12)23(18,20)21/h2-9H,1H3,(H2,18,20,21). The van der Waals surface area contributed by atoms with Crippen LogP contribution in [0.2, 0.25) is 5.02 Å². The zero-order valence-electron chi connectivity index (χ0n) is 12.2. The smallest absolute Gasteiger partial charge is 0.238 e. The van der Waals surface area contributed by atoms with Gasteiger partial charge in [0, 0.05) is 10.6 Å². The molecule has 3 rings (SSSR count). The molecular weight excluding hydrogens is 336 g/mol. The summed E-state index contributed by atoms with van der Waals surface area (Å²) in [4.78, 5) is 0.0468. The van der Waals surface area contributed by atoms with E-state index in [0.717, 1.165) is 16.8 Å². The molecule has 3 aromatic rings. The van der Waals surface area contributed by atoms with E-state index in [-0.39, 0.29) is 4.90 Å². The molecule has 2 aromatic carbocycles. The van der Waals surface area contributed by atoms with Gasteiger partial charge in [-0.25, -0.2) is 13.6 Å². The minimum absolute atomic E-state index is 0.0468. The number of hydrogen-bond acceptors (Lipinski definition) is 4. The normalized spacial score (nSPS) is 11.6. The summed E-state index contributed by atoms with van der Waals surface area (Å²) in [5.74, 6) is 0.561. The Kier molecular flexibility index (Phi) is 3.97. The Morgan fingerprint density at radius 1 is 1.00 bits per heavy atom. The van der Waals surface area contributed by atoms with Crippen molar-refractivity contribution in [3.63, 3.8) is 0 Å². The highest BCUT2D eigenvalue weighted by atomic mass is 35.5. The van der Waals surface area contributed by atoms with E-state index >= 15 is 0 Å². The van der Waals surface area contributed by atoms with Crippen LogP contribution in [0.4, 0.5) is 0 Å². The van der Waals surface area contributed by atoms with Crippen molar-refractivity contribution >= 4 is 21.6 Å². The monoisotopic (exact) mass is 348 g/mol. The predicted molar refractivity (Wildman–Crippen MR) is 88.5 cm³/mol. The molecule has 0 aliphatic heterocycles. The van der Waals surface area contributed by atoms with Crippen molar-refractivity contribution in [2.45, 2.75) is 11.8 Å². The number of aryl methyl sites for hydroxylation is 1. The van der Waals surface area contributed by atoms with Crippen molar-refractivity contribution in [3.05, 3.63) is 59.2 Å². The molecule has 1 aromatic heterocycles. The van der Waals surface area contributed by atoms with E-state index < -0.39 is 10.0 Å². The summed E-state index contributed by atoms with van der Waals surface area (Å²) in [6.45, 7) is 1.84. The third-order valence-electron chi connectivity index (χ3n) is 3.44. The molecule has 1 heterocycles. The molecule has 0 radical (unpaired) electrons. The highest BCUT2D eigenvalue weighted by Crippen LogP contribution is 2.35. The number of benzene rings is 2. The number of rotatable bonds is 3. The molecular formula is C16H13ClN2O3S. The molecule has 7 heteroatoms. The fourth-order valence-electron chi connectivity index (χ4n) is 2.32. The van der Waals surface area contributed by atoms with E-state index in [1.807, 2.05) is 19.1 Å². The Morgan fingerprint density at radius 2 is 1.57 bits per heavy atom. The highest BCUT2D eigenvalue weighted by Gasteiger charge is 2.17. The quantitative estimate of drug-likeness (QED) is 0.783. The van der Waals surface area contributed by atoms with Crippen molar-refractivity contribution < 1.29 is 12.9 Å². The molecule has 0 unspecified atom stereocenters. The van der Waals surface area contributed by atoms with E-state index in [1.165, 1.54) is 12.1 Å². The van der Waals surface area contributed by atoms with Crippen LogP contribution in [0.25, 0.3) is 22.5 Å². The van der Waals surface area contributed by atoms with Crippen LogP contribution in [0.1, 0.15) is 5.69 Å². The van der Waals surface area contributed by atoms with E-state index in [1.54, 1.807) is 24.3 Å². The second kappa shape index (κ2) is 5.81. The molecule has 0 atom stereocenters. The first kappa shape index (κ1) is 15.7. The second-order valence-corrected chi connectivity index (χ2v) is 7.05. The van der Waals surface area contributed by atoms with Crippen molar-refractivity contribution in [1.29, 1.82) is 0 Å². The average Bonchev–Trinajstić information content (AvgIpc) is 2.89. The van der Waals surface area contributed by atoms with Crippen molar-refractivity contribution in [2.24, 2.45) is 5.14 Å². The van der Waals surface area contributed by atoms with Crippen LogP contribution < -0.4 is 5.14 Å². The number of halogens is 1. The number of aromatic nitrogens is 1. The molecule has 118 valence electrons. The van der Waals surface area contributed by atoms with E-state index in [2.05, 4.69) is 5.16 Å². The van der Waals surface area contributed by atoms with Crippen LogP contribution in [-0.2, 0) is 10.0 Å². The molecule has 0 spiro atoms. The zero-order valence-corrected chi connectivity index (χ0v) is 13.7. The average molecular weight is 349 g/mol. The molecule has 0 saturated heterocycles. The maximum Gasteiger partial charge on any atom is 0.238 e. The Morgan fingerprint density at radius 3 is 2.13 bits per heavy atom. The van der Waals surface area contributed by atoms with Gasteiger partial charge in [0.15, 0.2) is 5.76 Å². The fourth-order valence-corrected chi connectivity index (χ4v) is 2.96. The maximum absolute atomic E-state index is 11.3. The summed E-state index contributed by atoms with van der Waals surface area (Å²) in [6.07, 6.45) is 0. The topological polar surface area (TPSA) is 86.2 Å². The summed E-state index contributed by atoms with van der Waals surface area (Å²) < 4.78 is 28.1. The van der Waals surface area contributed by atoms with Crippen molar-refractivity contribution in [1.82, 2.24) is 5.16 Å². The van der Waals surface area contributed by atoms with Crippen LogP contribution in [0.3, 0.4) is 0 Å². The summed E-state index contributed by atoms with van der Waals surface area (Å²) in [7, 11) is -3.72. The van der Waals surface area contributed by atoms with Gasteiger partial charge in [-0.1, -0.05) is 28.9 Å². The molecule has 0 aliphatic carbocycles. The SMILES string of the molecule is Cc1noc(-c2ccc(S(N)(=O)=O)cc2)c1-c1ccc(Cl)cc1. The lowest BCUT2D eigenvalue weighted by Crippen LogP contribution is -2.11. The number of sulfonamides is 1. The lowest BCUT2D eigenvalue weighted by molar-refractivity contribution is 0.427. The van der Waals surface area contributed by atoms with Gasteiger partial charge < -0.3 is 4.52 Å². The largest absolute Gasteiger partial charge is 0.355 e. The lowest BCUT2D eigenvalue weighted by Gasteiger charge is -2.04. The minimum Gasteiger partial charge on any atom is -0.355 e. The Bertz CT molecular complexity index is 946. The minimum atomic E-state index is -3.72. The number of primary sulfonamides is 1. The van der Waals surface area contributed by atoms with Gasteiger partial charge in [0.05, 0.1) is 16.2 Å². The van der Waals surface area contributed by atoms with Crippen LogP contribution >= 0.6 is 11.6 Å². The van der Waals surface area contributed by atoms with E-state index in [4.69, 9.17) is 21.3 Å². The van der Waals surface area contributed by atoms with Crippen LogP contribution in [0, 0.1) is 6.92 Å². The van der Waals surface area contributed by atoms with Gasteiger partial charge in [0.2, 0.25) is 10.0 Å². The summed E-state index contributed by atoms with van der Waals surface area (Å²) in [6, 6.07) is 13.5. The molecule has 0 aliphatic rings. The molecule has 2 N–H and O–H groups in total.